The Balaban J connectivity index is 1.32. The highest BCUT2D eigenvalue weighted by molar-refractivity contribution is 7.92. The van der Waals surface area contributed by atoms with Crippen molar-refractivity contribution < 1.29 is 23.4 Å². The predicted molar refractivity (Wildman–Crippen MR) is 150 cm³/mol. The fourth-order valence-electron chi connectivity index (χ4n) is 4.29. The lowest BCUT2D eigenvalue weighted by Crippen LogP contribution is -2.39. The molecule has 0 amide bonds. The molecule has 210 valence electrons. The SMILES string of the molecule is NCc1cccc(Nc2nc(N)c3ncn([C@@H]4O[C@H](CNS(=O)(=O)/C=C/c5ccccc5N)[C@@H](O)[C@H]4O)c3n2)c1. The lowest BCUT2D eigenvalue weighted by molar-refractivity contribution is -0.0329. The van der Waals surface area contributed by atoms with Gasteiger partial charge in [-0.3, -0.25) is 4.57 Å². The molecule has 3 heterocycles. The maximum absolute atomic E-state index is 12.5. The van der Waals surface area contributed by atoms with Gasteiger partial charge in [-0.1, -0.05) is 30.3 Å². The van der Waals surface area contributed by atoms with Crippen LogP contribution >= 0.6 is 0 Å². The Bertz CT molecular complexity index is 1660. The molecule has 0 saturated carbocycles. The molecule has 1 aliphatic rings. The highest BCUT2D eigenvalue weighted by atomic mass is 32.2. The van der Waals surface area contributed by atoms with Gasteiger partial charge in [-0.25, -0.2) is 18.1 Å². The van der Waals surface area contributed by atoms with E-state index < -0.39 is 34.6 Å². The van der Waals surface area contributed by atoms with Crippen molar-refractivity contribution in [2.45, 2.75) is 31.1 Å². The summed E-state index contributed by atoms with van der Waals surface area (Å²) in [6.45, 7) is 0.0541. The van der Waals surface area contributed by atoms with Gasteiger partial charge in [0.25, 0.3) is 0 Å². The first-order valence-corrected chi connectivity index (χ1v) is 13.8. The second-order valence-electron chi connectivity index (χ2n) is 9.16. The number of ether oxygens (including phenoxy) is 1. The van der Waals surface area contributed by atoms with Crippen LogP contribution in [0.5, 0.6) is 0 Å². The first kappa shape index (κ1) is 27.4. The summed E-state index contributed by atoms with van der Waals surface area (Å²) in [6, 6.07) is 14.2. The Morgan fingerprint density at radius 2 is 1.88 bits per heavy atom. The molecule has 10 N–H and O–H groups in total. The fourth-order valence-corrected chi connectivity index (χ4v) is 5.10. The van der Waals surface area contributed by atoms with Crippen LogP contribution in [0.15, 0.2) is 60.3 Å². The average Bonchev–Trinajstić information content (AvgIpc) is 3.48. The third-order valence-electron chi connectivity index (χ3n) is 6.39. The molecule has 2 aromatic carbocycles. The summed E-state index contributed by atoms with van der Waals surface area (Å²) in [6.07, 6.45) is -2.31. The molecule has 4 aromatic rings. The quantitative estimate of drug-likeness (QED) is 0.136. The molecule has 1 aliphatic heterocycles. The number of aromatic nitrogens is 4. The van der Waals surface area contributed by atoms with Crippen molar-refractivity contribution in [3.8, 4) is 0 Å². The predicted octanol–water partition coefficient (Wildman–Crippen LogP) is 0.403. The number of para-hydroxylation sites is 1. The Hall–Kier alpha value is -4.12. The number of anilines is 4. The van der Waals surface area contributed by atoms with Gasteiger partial charge in [-0.05, 0) is 35.4 Å². The first-order chi connectivity index (χ1) is 19.1. The summed E-state index contributed by atoms with van der Waals surface area (Å²) in [7, 11) is -3.91. The molecular formula is C25H29N9O5S. The van der Waals surface area contributed by atoms with E-state index in [1.165, 1.54) is 17.0 Å². The van der Waals surface area contributed by atoms with Crippen molar-refractivity contribution in [1.82, 2.24) is 24.2 Å². The Kier molecular flexibility index (Phi) is 7.66. The number of nitrogens with one attached hydrogen (secondary N) is 2. The van der Waals surface area contributed by atoms with Gasteiger partial charge in [0.1, 0.15) is 23.8 Å². The molecule has 4 atom stereocenters. The number of rotatable bonds is 9. The van der Waals surface area contributed by atoms with Crippen LogP contribution < -0.4 is 27.2 Å². The number of sulfonamides is 1. The normalized spacial score (nSPS) is 21.4. The molecular weight excluding hydrogens is 538 g/mol. The van der Waals surface area contributed by atoms with E-state index in [2.05, 4.69) is 25.0 Å². The van der Waals surface area contributed by atoms with Gasteiger partial charge >= 0.3 is 0 Å². The highest BCUT2D eigenvalue weighted by Gasteiger charge is 2.44. The van der Waals surface area contributed by atoms with E-state index in [1.807, 2.05) is 24.3 Å². The molecule has 2 aromatic heterocycles. The van der Waals surface area contributed by atoms with Crippen molar-refractivity contribution in [2.24, 2.45) is 5.73 Å². The van der Waals surface area contributed by atoms with Crippen LogP contribution in [0.1, 0.15) is 17.4 Å². The molecule has 0 aliphatic carbocycles. The molecule has 0 bridgehead atoms. The lowest BCUT2D eigenvalue weighted by atomic mass is 10.1. The van der Waals surface area contributed by atoms with E-state index >= 15 is 0 Å². The summed E-state index contributed by atoms with van der Waals surface area (Å²) in [5.74, 6) is 0.258. The maximum Gasteiger partial charge on any atom is 0.233 e. The fraction of sp³-hybridized carbons (Fsp3) is 0.240. The number of imidazole rings is 1. The number of nitrogens with zero attached hydrogens (tertiary/aromatic N) is 4. The van der Waals surface area contributed by atoms with Crippen LogP contribution in [0.2, 0.25) is 0 Å². The van der Waals surface area contributed by atoms with Crippen molar-refractivity contribution in [1.29, 1.82) is 0 Å². The Labute approximate surface area is 229 Å². The number of hydrogen-bond acceptors (Lipinski definition) is 12. The summed E-state index contributed by atoms with van der Waals surface area (Å²) in [4.78, 5) is 13.0. The van der Waals surface area contributed by atoms with Gasteiger partial charge in [-0.2, -0.15) is 9.97 Å². The minimum atomic E-state index is -3.91. The molecule has 0 unspecified atom stereocenters. The number of aliphatic hydroxyl groups is 2. The summed E-state index contributed by atoms with van der Waals surface area (Å²) >= 11 is 0. The number of nitrogens with two attached hydrogens (primary N) is 3. The molecule has 1 saturated heterocycles. The van der Waals surface area contributed by atoms with E-state index in [-0.39, 0.29) is 29.5 Å². The second kappa shape index (κ2) is 11.2. The van der Waals surface area contributed by atoms with Crippen LogP contribution in [0.4, 0.5) is 23.1 Å². The molecule has 40 heavy (non-hydrogen) atoms. The van der Waals surface area contributed by atoms with Crippen LogP contribution in [0, 0.1) is 0 Å². The van der Waals surface area contributed by atoms with E-state index in [0.29, 0.717) is 23.5 Å². The average molecular weight is 568 g/mol. The Morgan fingerprint density at radius 1 is 1.07 bits per heavy atom. The first-order valence-electron chi connectivity index (χ1n) is 12.2. The van der Waals surface area contributed by atoms with Crippen molar-refractivity contribution in [2.75, 3.05) is 23.3 Å². The van der Waals surface area contributed by atoms with Gasteiger partial charge in [0.05, 0.1) is 6.33 Å². The maximum atomic E-state index is 12.5. The summed E-state index contributed by atoms with van der Waals surface area (Å²) in [5, 5.41) is 25.4. The Morgan fingerprint density at radius 3 is 2.65 bits per heavy atom. The highest BCUT2D eigenvalue weighted by Crippen LogP contribution is 2.32. The van der Waals surface area contributed by atoms with Crippen molar-refractivity contribution in [3.05, 3.63) is 71.4 Å². The molecule has 15 heteroatoms. The minimum Gasteiger partial charge on any atom is -0.398 e. The smallest absolute Gasteiger partial charge is 0.233 e. The number of fused-ring (bicyclic) bond motifs is 1. The van der Waals surface area contributed by atoms with Gasteiger partial charge in [0, 0.05) is 29.9 Å². The van der Waals surface area contributed by atoms with Gasteiger partial charge in [0.2, 0.25) is 16.0 Å². The summed E-state index contributed by atoms with van der Waals surface area (Å²) < 4.78 is 34.7. The van der Waals surface area contributed by atoms with Gasteiger partial charge < -0.3 is 37.5 Å². The number of nitrogen functional groups attached to an aromatic ring is 2. The molecule has 1 fully saturated rings. The monoisotopic (exact) mass is 567 g/mol. The minimum absolute atomic E-state index is 0.0874. The third-order valence-corrected chi connectivity index (χ3v) is 7.45. The zero-order valence-corrected chi connectivity index (χ0v) is 21.9. The summed E-state index contributed by atoms with van der Waals surface area (Å²) in [5.41, 5.74) is 20.7. The molecule has 14 nitrogen and oxygen atoms in total. The van der Waals surface area contributed by atoms with Crippen LogP contribution in [-0.2, 0) is 21.3 Å². The van der Waals surface area contributed by atoms with Gasteiger partial charge in [-0.15, -0.1) is 0 Å². The van der Waals surface area contributed by atoms with Gasteiger partial charge in [0.15, 0.2) is 17.7 Å². The molecule has 0 radical (unpaired) electrons. The van der Waals surface area contributed by atoms with E-state index in [4.69, 9.17) is 21.9 Å². The van der Waals surface area contributed by atoms with Crippen molar-refractivity contribution in [3.63, 3.8) is 0 Å². The lowest BCUT2D eigenvalue weighted by Gasteiger charge is -2.17. The van der Waals surface area contributed by atoms with E-state index in [1.54, 1.807) is 24.3 Å². The van der Waals surface area contributed by atoms with E-state index in [9.17, 15) is 18.6 Å². The number of hydrogen-bond donors (Lipinski definition) is 7. The standard InChI is InChI=1S/C25H29N9O5S/c26-11-14-4-3-6-16(10-14)31-25-32-22(28)19-23(33-25)34(13-29-19)24-21(36)20(35)18(39-24)12-30-40(37,38)9-8-15-5-1-2-7-17(15)27/h1-10,13,18,20-21,24,30,35-36H,11-12,26-27H2,(H3,28,31,32,33)/b9-8+/t18-,20-,21-,24-/m1/s1. The van der Waals surface area contributed by atoms with E-state index in [0.717, 1.165) is 11.0 Å². The largest absolute Gasteiger partial charge is 0.398 e. The molecule has 0 spiro atoms. The van der Waals surface area contributed by atoms with Crippen LogP contribution in [-0.4, -0.2) is 63.0 Å². The number of aliphatic hydroxyl groups excluding tert-OH is 2. The topological polar surface area (TPSA) is 230 Å². The zero-order chi connectivity index (χ0) is 28.4. The zero-order valence-electron chi connectivity index (χ0n) is 21.1. The van der Waals surface area contributed by atoms with Crippen LogP contribution in [0.25, 0.3) is 17.2 Å². The molecule has 5 rings (SSSR count). The van der Waals surface area contributed by atoms with Crippen LogP contribution in [0.3, 0.4) is 0 Å². The number of benzene rings is 2. The second-order valence-corrected chi connectivity index (χ2v) is 10.8. The van der Waals surface area contributed by atoms with Crippen molar-refractivity contribution >= 4 is 50.4 Å². The third kappa shape index (κ3) is 5.74.